The molecule has 0 radical (unpaired) electrons. The Morgan fingerprint density at radius 3 is 2.67 bits per heavy atom. The molecular formula is C12H8O2S. The third-order valence-electron chi connectivity index (χ3n) is 2.46. The van der Waals surface area contributed by atoms with Crippen LogP contribution in [0.4, 0.5) is 0 Å². The van der Waals surface area contributed by atoms with Crippen LogP contribution in [0.15, 0.2) is 36.4 Å². The van der Waals surface area contributed by atoms with Gasteiger partial charge in [-0.1, -0.05) is 12.1 Å². The van der Waals surface area contributed by atoms with E-state index >= 15 is 0 Å². The first-order valence-electron chi connectivity index (χ1n) is 4.59. The minimum atomic E-state index is 0.255. The van der Waals surface area contributed by atoms with Gasteiger partial charge in [-0.25, -0.2) is 0 Å². The zero-order valence-electron chi connectivity index (χ0n) is 7.77. The second kappa shape index (κ2) is 2.87. The zero-order valence-corrected chi connectivity index (χ0v) is 8.58. The van der Waals surface area contributed by atoms with Crippen molar-refractivity contribution >= 4 is 31.5 Å². The molecule has 2 aromatic carbocycles. The molecule has 0 fully saturated rings. The molecule has 0 aliphatic rings. The Morgan fingerprint density at radius 1 is 0.933 bits per heavy atom. The minimum absolute atomic E-state index is 0.255. The number of aromatic hydroxyl groups is 2. The molecule has 2 nitrogen and oxygen atoms in total. The lowest BCUT2D eigenvalue weighted by Crippen LogP contribution is -1.67. The Kier molecular flexibility index (Phi) is 1.64. The Labute approximate surface area is 90.0 Å². The second-order valence-corrected chi connectivity index (χ2v) is 4.49. The number of hydrogen-bond acceptors (Lipinski definition) is 3. The van der Waals surface area contributed by atoms with Gasteiger partial charge in [0.15, 0.2) is 0 Å². The van der Waals surface area contributed by atoms with E-state index in [1.807, 2.05) is 18.2 Å². The molecule has 74 valence electrons. The highest BCUT2D eigenvalue weighted by Crippen LogP contribution is 2.39. The van der Waals surface area contributed by atoms with Crippen molar-refractivity contribution in [3.63, 3.8) is 0 Å². The van der Waals surface area contributed by atoms with Gasteiger partial charge in [-0.3, -0.25) is 0 Å². The number of phenols is 2. The number of thiophene rings is 1. The highest BCUT2D eigenvalue weighted by molar-refractivity contribution is 7.26. The van der Waals surface area contributed by atoms with Gasteiger partial charge in [-0.05, 0) is 24.3 Å². The lowest BCUT2D eigenvalue weighted by Gasteiger charge is -1.94. The molecule has 0 aliphatic carbocycles. The quantitative estimate of drug-likeness (QED) is 0.604. The fraction of sp³-hybridized carbons (Fsp3) is 0. The summed E-state index contributed by atoms with van der Waals surface area (Å²) in [6.07, 6.45) is 0. The van der Waals surface area contributed by atoms with E-state index in [2.05, 4.69) is 0 Å². The molecule has 1 heterocycles. The van der Waals surface area contributed by atoms with Crippen molar-refractivity contribution in [2.75, 3.05) is 0 Å². The molecule has 3 heteroatoms. The normalized spacial score (nSPS) is 11.2. The SMILES string of the molecule is Oc1ccc2sc3c(O)cccc3c2c1. The van der Waals surface area contributed by atoms with Crippen LogP contribution in [0.5, 0.6) is 11.5 Å². The number of phenolic OH excluding ortho intramolecular Hbond substituents is 2. The summed E-state index contributed by atoms with van der Waals surface area (Å²) in [6.45, 7) is 0. The van der Waals surface area contributed by atoms with Gasteiger partial charge in [-0.2, -0.15) is 0 Å². The van der Waals surface area contributed by atoms with Gasteiger partial charge in [0.1, 0.15) is 11.5 Å². The van der Waals surface area contributed by atoms with Crippen LogP contribution in [-0.4, -0.2) is 10.2 Å². The topological polar surface area (TPSA) is 40.5 Å². The smallest absolute Gasteiger partial charge is 0.133 e. The van der Waals surface area contributed by atoms with E-state index in [9.17, 15) is 10.2 Å². The van der Waals surface area contributed by atoms with E-state index in [-0.39, 0.29) is 5.75 Å². The molecule has 0 amide bonds. The Morgan fingerprint density at radius 2 is 1.80 bits per heavy atom. The largest absolute Gasteiger partial charge is 0.508 e. The van der Waals surface area contributed by atoms with Crippen molar-refractivity contribution < 1.29 is 10.2 Å². The average Bonchev–Trinajstić information content (AvgIpc) is 2.58. The first-order chi connectivity index (χ1) is 7.25. The van der Waals surface area contributed by atoms with Crippen LogP contribution < -0.4 is 0 Å². The highest BCUT2D eigenvalue weighted by Gasteiger charge is 2.07. The van der Waals surface area contributed by atoms with Gasteiger partial charge >= 0.3 is 0 Å². The Hall–Kier alpha value is -1.74. The summed E-state index contributed by atoms with van der Waals surface area (Å²) in [5, 5.41) is 21.1. The molecule has 0 atom stereocenters. The summed E-state index contributed by atoms with van der Waals surface area (Å²) in [6, 6.07) is 10.7. The maximum Gasteiger partial charge on any atom is 0.133 e. The first kappa shape index (κ1) is 8.56. The maximum atomic E-state index is 9.69. The van der Waals surface area contributed by atoms with Gasteiger partial charge in [0.2, 0.25) is 0 Å². The van der Waals surface area contributed by atoms with Gasteiger partial charge in [-0.15, -0.1) is 11.3 Å². The fourth-order valence-corrected chi connectivity index (χ4v) is 2.87. The molecule has 0 aliphatic heterocycles. The van der Waals surface area contributed by atoms with Crippen molar-refractivity contribution in [2.45, 2.75) is 0 Å². The molecule has 0 bridgehead atoms. The van der Waals surface area contributed by atoms with Crippen LogP contribution >= 0.6 is 11.3 Å². The van der Waals surface area contributed by atoms with Gasteiger partial charge in [0, 0.05) is 15.5 Å². The molecule has 0 saturated heterocycles. The summed E-state index contributed by atoms with van der Waals surface area (Å²) in [4.78, 5) is 0. The molecule has 1 aromatic heterocycles. The van der Waals surface area contributed by atoms with E-state index in [0.717, 1.165) is 20.2 Å². The summed E-state index contributed by atoms with van der Waals surface area (Å²) in [7, 11) is 0. The van der Waals surface area contributed by atoms with Crippen LogP contribution in [0.25, 0.3) is 20.2 Å². The van der Waals surface area contributed by atoms with Crippen molar-refractivity contribution in [2.24, 2.45) is 0 Å². The van der Waals surface area contributed by atoms with Crippen LogP contribution in [0, 0.1) is 0 Å². The monoisotopic (exact) mass is 216 g/mol. The van der Waals surface area contributed by atoms with E-state index in [1.165, 1.54) is 11.3 Å². The molecule has 2 N–H and O–H groups in total. The standard InChI is InChI=1S/C12H8O2S/c13-7-4-5-11-9(6-7)8-2-1-3-10(14)12(8)15-11/h1-6,13-14H. The predicted octanol–water partition coefficient (Wildman–Crippen LogP) is 3.47. The third kappa shape index (κ3) is 1.17. The van der Waals surface area contributed by atoms with E-state index in [1.54, 1.807) is 18.2 Å². The summed E-state index contributed by atoms with van der Waals surface area (Å²) in [5.74, 6) is 0.554. The number of fused-ring (bicyclic) bond motifs is 3. The second-order valence-electron chi connectivity index (χ2n) is 3.44. The van der Waals surface area contributed by atoms with E-state index in [0.29, 0.717) is 5.75 Å². The van der Waals surface area contributed by atoms with Crippen molar-refractivity contribution in [3.05, 3.63) is 36.4 Å². The molecule has 0 unspecified atom stereocenters. The summed E-state index contributed by atoms with van der Waals surface area (Å²) in [5.41, 5.74) is 0. The molecule has 0 saturated carbocycles. The third-order valence-corrected chi connectivity index (χ3v) is 3.67. The molecule has 0 spiro atoms. The van der Waals surface area contributed by atoms with E-state index in [4.69, 9.17) is 0 Å². The maximum absolute atomic E-state index is 9.69. The van der Waals surface area contributed by atoms with Gasteiger partial charge in [0.25, 0.3) is 0 Å². The van der Waals surface area contributed by atoms with Crippen molar-refractivity contribution in [1.29, 1.82) is 0 Å². The predicted molar refractivity (Wildman–Crippen MR) is 62.7 cm³/mol. The average molecular weight is 216 g/mol. The number of rotatable bonds is 0. The minimum Gasteiger partial charge on any atom is -0.508 e. The van der Waals surface area contributed by atoms with Crippen LogP contribution in [0.3, 0.4) is 0 Å². The summed E-state index contributed by atoms with van der Waals surface area (Å²) < 4.78 is 1.95. The molecule has 15 heavy (non-hydrogen) atoms. The number of hydrogen-bond donors (Lipinski definition) is 2. The van der Waals surface area contributed by atoms with E-state index < -0.39 is 0 Å². The Balaban J connectivity index is 2.58. The van der Waals surface area contributed by atoms with Crippen LogP contribution in [0.2, 0.25) is 0 Å². The van der Waals surface area contributed by atoms with Gasteiger partial charge in [0.05, 0.1) is 4.70 Å². The number of benzene rings is 2. The molecule has 3 aromatic rings. The first-order valence-corrected chi connectivity index (χ1v) is 5.40. The Bertz CT molecular complexity index is 655. The lowest BCUT2D eigenvalue weighted by molar-refractivity contribution is 0.476. The highest BCUT2D eigenvalue weighted by atomic mass is 32.1. The zero-order chi connectivity index (χ0) is 10.4. The molecule has 3 rings (SSSR count). The van der Waals surface area contributed by atoms with Crippen molar-refractivity contribution in [1.82, 2.24) is 0 Å². The van der Waals surface area contributed by atoms with Gasteiger partial charge < -0.3 is 10.2 Å². The van der Waals surface area contributed by atoms with Crippen molar-refractivity contribution in [3.8, 4) is 11.5 Å². The lowest BCUT2D eigenvalue weighted by atomic mass is 10.1. The van der Waals surface area contributed by atoms with Crippen LogP contribution in [-0.2, 0) is 0 Å². The molecular weight excluding hydrogens is 208 g/mol. The van der Waals surface area contributed by atoms with Crippen LogP contribution in [0.1, 0.15) is 0 Å². The summed E-state index contributed by atoms with van der Waals surface area (Å²) >= 11 is 1.54. The fourth-order valence-electron chi connectivity index (χ4n) is 1.77.